The van der Waals surface area contributed by atoms with E-state index in [0.29, 0.717) is 25.8 Å². The highest BCUT2D eigenvalue weighted by molar-refractivity contribution is 5.83. The average molecular weight is 232 g/mol. The van der Waals surface area contributed by atoms with Gasteiger partial charge in [0.05, 0.1) is 0 Å². The van der Waals surface area contributed by atoms with Crippen LogP contribution < -0.4 is 11.1 Å². The summed E-state index contributed by atoms with van der Waals surface area (Å²) in [4.78, 5) is 21.6. The van der Waals surface area contributed by atoms with Gasteiger partial charge in [-0.05, 0) is 33.1 Å². The molecule has 0 radical (unpaired) electrons. The van der Waals surface area contributed by atoms with Crippen LogP contribution >= 0.6 is 0 Å². The van der Waals surface area contributed by atoms with E-state index in [1.165, 1.54) is 13.8 Å². The topological polar surface area (TPSA) is 113 Å². The minimum absolute atomic E-state index is 0.383. The summed E-state index contributed by atoms with van der Waals surface area (Å²) in [5, 5.41) is 20.3. The predicted molar refractivity (Wildman–Crippen MR) is 58.8 cm³/mol. The maximum atomic E-state index is 11.2. The number of carboxylic acids is 1. The molecule has 1 atom stereocenters. The van der Waals surface area contributed by atoms with Crippen LogP contribution in [-0.4, -0.2) is 40.3 Å². The monoisotopic (exact) mass is 232 g/mol. The molecule has 6 heteroatoms. The molecule has 0 aliphatic rings. The Bertz CT molecular complexity index is 248. The molecule has 94 valence electrons. The lowest BCUT2D eigenvalue weighted by molar-refractivity contribution is -0.139. The molecule has 0 saturated heterocycles. The maximum Gasteiger partial charge on any atom is 0.320 e. The van der Waals surface area contributed by atoms with Gasteiger partial charge in [-0.2, -0.15) is 0 Å². The van der Waals surface area contributed by atoms with Crippen LogP contribution in [0, 0.1) is 0 Å². The second-order valence-electron chi connectivity index (χ2n) is 4.26. The first-order valence-corrected chi connectivity index (χ1v) is 5.24. The first-order valence-electron chi connectivity index (χ1n) is 5.24. The second kappa shape index (κ2) is 6.44. The van der Waals surface area contributed by atoms with E-state index in [0.717, 1.165) is 0 Å². The number of unbranched alkanes of at least 4 members (excludes halogenated alkanes) is 1. The largest absolute Gasteiger partial charge is 0.480 e. The van der Waals surface area contributed by atoms with E-state index in [1.54, 1.807) is 0 Å². The van der Waals surface area contributed by atoms with Gasteiger partial charge in [0.25, 0.3) is 5.91 Å². The van der Waals surface area contributed by atoms with E-state index in [1.807, 2.05) is 0 Å². The molecule has 0 aliphatic heterocycles. The van der Waals surface area contributed by atoms with E-state index in [9.17, 15) is 14.7 Å². The smallest absolute Gasteiger partial charge is 0.320 e. The van der Waals surface area contributed by atoms with Crippen molar-refractivity contribution in [2.75, 3.05) is 6.54 Å². The highest BCUT2D eigenvalue weighted by Crippen LogP contribution is 2.01. The van der Waals surface area contributed by atoms with Crippen molar-refractivity contribution in [3.63, 3.8) is 0 Å². The molecule has 0 rings (SSSR count). The Hall–Kier alpha value is -1.14. The Labute approximate surface area is 94.8 Å². The van der Waals surface area contributed by atoms with Gasteiger partial charge in [0.1, 0.15) is 11.6 Å². The molecule has 16 heavy (non-hydrogen) atoms. The zero-order valence-electron chi connectivity index (χ0n) is 9.69. The summed E-state index contributed by atoms with van der Waals surface area (Å²) in [6.07, 6.45) is 1.65. The van der Waals surface area contributed by atoms with Gasteiger partial charge < -0.3 is 21.3 Å². The van der Waals surface area contributed by atoms with Crippen molar-refractivity contribution in [1.82, 2.24) is 5.32 Å². The van der Waals surface area contributed by atoms with E-state index >= 15 is 0 Å². The van der Waals surface area contributed by atoms with Crippen LogP contribution in [0.2, 0.25) is 0 Å². The van der Waals surface area contributed by atoms with Crippen LogP contribution in [0.25, 0.3) is 0 Å². The molecule has 0 fully saturated rings. The third-order valence-electron chi connectivity index (χ3n) is 2.10. The van der Waals surface area contributed by atoms with Gasteiger partial charge in [-0.3, -0.25) is 9.59 Å². The number of rotatable bonds is 7. The summed E-state index contributed by atoms with van der Waals surface area (Å²) < 4.78 is 0. The number of nitrogens with two attached hydrogens (primary N) is 1. The predicted octanol–water partition coefficient (Wildman–Crippen LogP) is -0.544. The van der Waals surface area contributed by atoms with E-state index < -0.39 is 23.5 Å². The lowest BCUT2D eigenvalue weighted by Gasteiger charge is -2.16. The number of carboxylic acid groups (broad SMARTS) is 1. The lowest BCUT2D eigenvalue weighted by Crippen LogP contribution is -2.42. The fourth-order valence-corrected chi connectivity index (χ4v) is 1.03. The van der Waals surface area contributed by atoms with Gasteiger partial charge in [-0.1, -0.05) is 0 Å². The van der Waals surface area contributed by atoms with Crippen LogP contribution in [0.4, 0.5) is 0 Å². The van der Waals surface area contributed by atoms with Crippen molar-refractivity contribution in [3.05, 3.63) is 0 Å². The lowest BCUT2D eigenvalue weighted by atomic mass is 10.1. The Kier molecular flexibility index (Phi) is 5.98. The van der Waals surface area contributed by atoms with E-state index in [4.69, 9.17) is 10.8 Å². The standard InChI is InChI=1S/C10H20N2O4/c1-10(2,16)9(15)12-6-4-3-5-7(11)8(13)14/h7,16H,3-6,11H2,1-2H3,(H,12,15)(H,13,14)/t7-/m0/s1. The minimum Gasteiger partial charge on any atom is -0.480 e. The van der Waals surface area contributed by atoms with Crippen molar-refractivity contribution >= 4 is 11.9 Å². The van der Waals surface area contributed by atoms with Gasteiger partial charge in [0.15, 0.2) is 0 Å². The van der Waals surface area contributed by atoms with Gasteiger partial charge in [0, 0.05) is 6.54 Å². The molecule has 0 aromatic carbocycles. The number of carbonyl (C=O) groups excluding carboxylic acids is 1. The van der Waals surface area contributed by atoms with Crippen LogP contribution in [0.1, 0.15) is 33.1 Å². The third-order valence-corrected chi connectivity index (χ3v) is 2.10. The Morgan fingerprint density at radius 1 is 1.38 bits per heavy atom. The summed E-state index contributed by atoms with van der Waals surface area (Å²) in [7, 11) is 0. The molecule has 0 unspecified atom stereocenters. The molecule has 1 amide bonds. The summed E-state index contributed by atoms with van der Waals surface area (Å²) in [6, 6.07) is -0.843. The summed E-state index contributed by atoms with van der Waals surface area (Å²) in [6.45, 7) is 3.22. The van der Waals surface area contributed by atoms with Gasteiger partial charge >= 0.3 is 5.97 Å². The van der Waals surface area contributed by atoms with Crippen molar-refractivity contribution < 1.29 is 19.8 Å². The molecule has 0 aromatic rings. The van der Waals surface area contributed by atoms with Crippen molar-refractivity contribution in [2.24, 2.45) is 5.73 Å². The average Bonchev–Trinajstić information content (AvgIpc) is 2.14. The van der Waals surface area contributed by atoms with Gasteiger partial charge in [0.2, 0.25) is 0 Å². The fraction of sp³-hybridized carbons (Fsp3) is 0.800. The first-order chi connectivity index (χ1) is 7.25. The quantitative estimate of drug-likeness (QED) is 0.440. The fourth-order valence-electron chi connectivity index (χ4n) is 1.03. The third kappa shape index (κ3) is 6.36. The normalized spacial score (nSPS) is 13.2. The summed E-state index contributed by atoms with van der Waals surface area (Å²) in [5.74, 6) is -1.45. The zero-order valence-corrected chi connectivity index (χ0v) is 9.69. The van der Waals surface area contributed by atoms with Crippen LogP contribution in [-0.2, 0) is 9.59 Å². The SMILES string of the molecule is CC(C)(O)C(=O)NCCCC[C@H](N)C(=O)O. The molecular formula is C10H20N2O4. The molecule has 0 aromatic heterocycles. The van der Waals surface area contributed by atoms with Crippen molar-refractivity contribution in [3.8, 4) is 0 Å². The molecule has 0 aliphatic carbocycles. The number of hydrogen-bond acceptors (Lipinski definition) is 4. The minimum atomic E-state index is -1.38. The molecule has 6 nitrogen and oxygen atoms in total. The summed E-state index contributed by atoms with van der Waals surface area (Å²) in [5.41, 5.74) is 3.92. The molecule has 0 spiro atoms. The summed E-state index contributed by atoms with van der Waals surface area (Å²) >= 11 is 0. The van der Waals surface area contributed by atoms with Crippen molar-refractivity contribution in [2.45, 2.75) is 44.8 Å². The van der Waals surface area contributed by atoms with Gasteiger partial charge in [-0.15, -0.1) is 0 Å². The van der Waals surface area contributed by atoms with Crippen LogP contribution in [0.5, 0.6) is 0 Å². The number of hydrogen-bond donors (Lipinski definition) is 4. The number of amides is 1. The Morgan fingerprint density at radius 2 is 1.94 bits per heavy atom. The van der Waals surface area contributed by atoms with E-state index in [2.05, 4.69) is 5.32 Å². The number of carbonyl (C=O) groups is 2. The molecule has 0 heterocycles. The van der Waals surface area contributed by atoms with Crippen molar-refractivity contribution in [1.29, 1.82) is 0 Å². The van der Waals surface area contributed by atoms with E-state index in [-0.39, 0.29) is 0 Å². The molecule has 0 bridgehead atoms. The zero-order chi connectivity index (χ0) is 12.8. The number of aliphatic carboxylic acids is 1. The highest BCUT2D eigenvalue weighted by Gasteiger charge is 2.22. The highest BCUT2D eigenvalue weighted by atomic mass is 16.4. The van der Waals surface area contributed by atoms with Gasteiger partial charge in [-0.25, -0.2) is 0 Å². The second-order valence-corrected chi connectivity index (χ2v) is 4.26. The first kappa shape index (κ1) is 14.9. The Morgan fingerprint density at radius 3 is 2.38 bits per heavy atom. The maximum absolute atomic E-state index is 11.2. The molecule has 5 N–H and O–H groups in total. The van der Waals surface area contributed by atoms with Crippen LogP contribution in [0.3, 0.4) is 0 Å². The van der Waals surface area contributed by atoms with Crippen LogP contribution in [0.15, 0.2) is 0 Å². The number of aliphatic hydroxyl groups is 1. The molecular weight excluding hydrogens is 212 g/mol. The Balaban J connectivity index is 3.55. The molecule has 0 saturated carbocycles. The number of nitrogens with one attached hydrogen (secondary N) is 1.